The van der Waals surface area contributed by atoms with E-state index in [1.165, 1.54) is 4.68 Å². The van der Waals surface area contributed by atoms with Gasteiger partial charge in [0.15, 0.2) is 0 Å². The second-order valence-corrected chi connectivity index (χ2v) is 8.04. The molecule has 1 heterocycles. The standard InChI is InChI=1S/C17H28N2O3/c1-12-16(5,6)17(12,7)9-11-21-13-8-10-19(18-13)14(20)22-15(2,3)4/h8,10,12H,9,11H2,1-7H3. The molecule has 2 atom stereocenters. The summed E-state index contributed by atoms with van der Waals surface area (Å²) < 4.78 is 12.1. The number of carbonyl (C=O) groups is 1. The lowest BCUT2D eigenvalue weighted by Crippen LogP contribution is -2.27. The van der Waals surface area contributed by atoms with Crippen molar-refractivity contribution in [2.45, 2.75) is 60.5 Å². The molecule has 1 aliphatic carbocycles. The predicted molar refractivity (Wildman–Crippen MR) is 85.0 cm³/mol. The van der Waals surface area contributed by atoms with Gasteiger partial charge >= 0.3 is 6.09 Å². The molecule has 22 heavy (non-hydrogen) atoms. The maximum Gasteiger partial charge on any atom is 0.435 e. The van der Waals surface area contributed by atoms with Crippen LogP contribution in [0.2, 0.25) is 0 Å². The Morgan fingerprint density at radius 3 is 2.45 bits per heavy atom. The molecule has 0 radical (unpaired) electrons. The average Bonchev–Trinajstić information content (AvgIpc) is 2.75. The minimum atomic E-state index is -0.535. The van der Waals surface area contributed by atoms with E-state index in [9.17, 15) is 4.79 Å². The van der Waals surface area contributed by atoms with Crippen LogP contribution in [0.25, 0.3) is 0 Å². The number of rotatable bonds is 4. The van der Waals surface area contributed by atoms with Crippen LogP contribution >= 0.6 is 0 Å². The first-order chi connectivity index (χ1) is 9.97. The van der Waals surface area contributed by atoms with Crippen molar-refractivity contribution in [2.75, 3.05) is 6.61 Å². The number of nitrogens with zero attached hydrogens (tertiary/aromatic N) is 2. The molecule has 0 saturated heterocycles. The van der Waals surface area contributed by atoms with Crippen LogP contribution in [0.5, 0.6) is 5.88 Å². The third kappa shape index (κ3) is 3.13. The molecule has 1 fully saturated rings. The van der Waals surface area contributed by atoms with Crippen LogP contribution in [0.1, 0.15) is 54.9 Å². The van der Waals surface area contributed by atoms with Crippen molar-refractivity contribution < 1.29 is 14.3 Å². The molecule has 1 aromatic rings. The summed E-state index contributed by atoms with van der Waals surface area (Å²) in [6, 6.07) is 1.69. The minimum Gasteiger partial charge on any atom is -0.477 e. The molecular formula is C17H28N2O3. The summed E-state index contributed by atoms with van der Waals surface area (Å²) in [5.41, 5.74) is 0.152. The molecular weight excluding hydrogens is 280 g/mol. The van der Waals surface area contributed by atoms with Crippen LogP contribution in [0, 0.1) is 16.7 Å². The number of carbonyl (C=O) groups excluding carboxylic acids is 1. The van der Waals surface area contributed by atoms with Crippen molar-refractivity contribution in [1.29, 1.82) is 0 Å². The maximum atomic E-state index is 11.9. The van der Waals surface area contributed by atoms with Gasteiger partial charge in [-0.2, -0.15) is 4.68 Å². The average molecular weight is 308 g/mol. The van der Waals surface area contributed by atoms with Gasteiger partial charge < -0.3 is 9.47 Å². The first-order valence-corrected chi connectivity index (χ1v) is 7.89. The zero-order valence-corrected chi connectivity index (χ0v) is 14.8. The van der Waals surface area contributed by atoms with E-state index < -0.39 is 11.7 Å². The van der Waals surface area contributed by atoms with E-state index in [2.05, 4.69) is 32.8 Å². The third-order valence-electron chi connectivity index (χ3n) is 5.44. The highest BCUT2D eigenvalue weighted by Crippen LogP contribution is 2.70. The molecule has 1 saturated carbocycles. The fraction of sp³-hybridized carbons (Fsp3) is 0.765. The highest BCUT2D eigenvalue weighted by atomic mass is 16.6. The van der Waals surface area contributed by atoms with Crippen LogP contribution in [-0.2, 0) is 4.74 Å². The molecule has 0 amide bonds. The van der Waals surface area contributed by atoms with Crippen molar-refractivity contribution in [2.24, 2.45) is 16.7 Å². The Hall–Kier alpha value is -1.52. The molecule has 124 valence electrons. The number of hydrogen-bond acceptors (Lipinski definition) is 4. The molecule has 0 bridgehead atoms. The monoisotopic (exact) mass is 308 g/mol. The highest BCUT2D eigenvalue weighted by Gasteiger charge is 2.64. The lowest BCUT2D eigenvalue weighted by atomic mass is 9.95. The van der Waals surface area contributed by atoms with Crippen LogP contribution in [0.3, 0.4) is 0 Å². The van der Waals surface area contributed by atoms with Gasteiger partial charge in [-0.1, -0.05) is 27.7 Å². The van der Waals surface area contributed by atoms with Gasteiger partial charge in [-0.05, 0) is 43.9 Å². The van der Waals surface area contributed by atoms with Crippen LogP contribution in [-0.4, -0.2) is 28.1 Å². The first-order valence-electron chi connectivity index (χ1n) is 7.89. The van der Waals surface area contributed by atoms with Crippen molar-refractivity contribution in [3.8, 4) is 5.88 Å². The van der Waals surface area contributed by atoms with E-state index in [1.807, 2.05) is 20.8 Å². The first kappa shape index (κ1) is 16.8. The lowest BCUT2D eigenvalue weighted by molar-refractivity contribution is 0.0511. The van der Waals surface area contributed by atoms with Crippen molar-refractivity contribution in [3.63, 3.8) is 0 Å². The van der Waals surface area contributed by atoms with Gasteiger partial charge in [-0.25, -0.2) is 4.79 Å². The second kappa shape index (κ2) is 5.28. The fourth-order valence-corrected chi connectivity index (χ4v) is 3.08. The predicted octanol–water partition coefficient (Wildman–Crippen LogP) is 4.12. The van der Waals surface area contributed by atoms with E-state index in [1.54, 1.807) is 12.3 Å². The van der Waals surface area contributed by atoms with Gasteiger partial charge in [0.1, 0.15) is 5.60 Å². The summed E-state index contributed by atoms with van der Waals surface area (Å²) in [5.74, 6) is 1.16. The zero-order valence-electron chi connectivity index (χ0n) is 14.8. The quantitative estimate of drug-likeness (QED) is 0.839. The largest absolute Gasteiger partial charge is 0.477 e. The zero-order chi connectivity index (χ0) is 16.8. The Morgan fingerprint density at radius 1 is 1.36 bits per heavy atom. The van der Waals surface area contributed by atoms with Gasteiger partial charge in [0.05, 0.1) is 6.61 Å². The maximum absolute atomic E-state index is 11.9. The molecule has 0 aromatic carbocycles. The summed E-state index contributed by atoms with van der Waals surface area (Å²) in [4.78, 5) is 11.9. The third-order valence-corrected chi connectivity index (χ3v) is 5.44. The smallest absolute Gasteiger partial charge is 0.435 e. The van der Waals surface area contributed by atoms with Gasteiger partial charge in [0, 0.05) is 12.3 Å². The molecule has 0 spiro atoms. The Morgan fingerprint density at radius 2 is 1.95 bits per heavy atom. The summed E-state index contributed by atoms with van der Waals surface area (Å²) in [7, 11) is 0. The molecule has 1 aliphatic rings. The van der Waals surface area contributed by atoms with Crippen LogP contribution in [0.15, 0.2) is 12.3 Å². The molecule has 5 heteroatoms. The van der Waals surface area contributed by atoms with Crippen molar-refractivity contribution in [3.05, 3.63) is 12.3 Å². The van der Waals surface area contributed by atoms with Crippen molar-refractivity contribution in [1.82, 2.24) is 9.78 Å². The lowest BCUT2D eigenvalue weighted by Gasteiger charge is -2.18. The number of hydrogen-bond donors (Lipinski definition) is 0. The summed E-state index contributed by atoms with van der Waals surface area (Å²) in [5, 5.41) is 4.11. The SMILES string of the molecule is CC1C(C)(C)C1(C)CCOc1ccn(C(=O)OC(C)(C)C)n1. The highest BCUT2D eigenvalue weighted by molar-refractivity contribution is 5.69. The van der Waals surface area contributed by atoms with Crippen molar-refractivity contribution >= 4 is 6.09 Å². The molecule has 2 rings (SSSR count). The normalized spacial score (nSPS) is 26.6. The Labute approximate surface area is 133 Å². The van der Waals surface area contributed by atoms with E-state index in [-0.39, 0.29) is 0 Å². The Balaban J connectivity index is 1.85. The summed E-state index contributed by atoms with van der Waals surface area (Å²) in [6.07, 6.45) is 2.06. The summed E-state index contributed by atoms with van der Waals surface area (Å²) >= 11 is 0. The van der Waals surface area contributed by atoms with Crippen LogP contribution < -0.4 is 4.74 Å². The van der Waals surface area contributed by atoms with E-state index in [0.717, 1.165) is 6.42 Å². The molecule has 2 unspecified atom stereocenters. The van der Waals surface area contributed by atoms with E-state index in [0.29, 0.717) is 29.2 Å². The van der Waals surface area contributed by atoms with Gasteiger partial charge in [0.2, 0.25) is 5.88 Å². The van der Waals surface area contributed by atoms with Gasteiger partial charge in [-0.3, -0.25) is 0 Å². The molecule has 0 N–H and O–H groups in total. The van der Waals surface area contributed by atoms with Gasteiger partial charge in [0.25, 0.3) is 0 Å². The Bertz CT molecular complexity index is 556. The second-order valence-electron chi connectivity index (χ2n) is 8.04. The number of aromatic nitrogens is 2. The Kier molecular flexibility index (Phi) is 4.05. The van der Waals surface area contributed by atoms with Crippen LogP contribution in [0.4, 0.5) is 4.79 Å². The van der Waals surface area contributed by atoms with E-state index >= 15 is 0 Å². The van der Waals surface area contributed by atoms with Gasteiger partial charge in [-0.15, -0.1) is 5.10 Å². The fourth-order valence-electron chi connectivity index (χ4n) is 3.08. The molecule has 0 aliphatic heterocycles. The molecule has 1 aromatic heterocycles. The number of ether oxygens (including phenoxy) is 2. The minimum absolute atomic E-state index is 0.320. The summed E-state index contributed by atoms with van der Waals surface area (Å²) in [6.45, 7) is 15.3. The molecule has 5 nitrogen and oxygen atoms in total. The topological polar surface area (TPSA) is 53.4 Å². The van der Waals surface area contributed by atoms with E-state index in [4.69, 9.17) is 9.47 Å².